The summed E-state index contributed by atoms with van der Waals surface area (Å²) < 4.78 is 11.8. The molecular formula is C14H25FO4. The van der Waals surface area contributed by atoms with Gasteiger partial charge in [0.2, 0.25) is 0 Å². The van der Waals surface area contributed by atoms with E-state index in [1.807, 2.05) is 0 Å². The van der Waals surface area contributed by atoms with Crippen molar-refractivity contribution in [2.75, 3.05) is 6.67 Å². The Labute approximate surface area is 114 Å². The summed E-state index contributed by atoms with van der Waals surface area (Å²) in [5, 5.41) is 17.4. The van der Waals surface area contributed by atoms with Crippen LogP contribution < -0.4 is 0 Å². The van der Waals surface area contributed by atoms with Crippen LogP contribution in [0.3, 0.4) is 0 Å². The molecule has 0 aliphatic carbocycles. The highest BCUT2D eigenvalue weighted by molar-refractivity contribution is 5.92. The van der Waals surface area contributed by atoms with Gasteiger partial charge in [-0.25, -0.2) is 0 Å². The van der Waals surface area contributed by atoms with Gasteiger partial charge in [-0.15, -0.1) is 0 Å². The number of hydrogen-bond acceptors (Lipinski definition) is 2. The third kappa shape index (κ3) is 10.5. The lowest BCUT2D eigenvalue weighted by Crippen LogP contribution is -2.23. The van der Waals surface area contributed by atoms with Crippen LogP contribution in [-0.2, 0) is 9.59 Å². The number of rotatable bonds is 13. The van der Waals surface area contributed by atoms with Crippen LogP contribution >= 0.6 is 0 Å². The monoisotopic (exact) mass is 276 g/mol. The number of hydrogen-bond donors (Lipinski definition) is 2. The van der Waals surface area contributed by atoms with Crippen LogP contribution in [0.1, 0.15) is 64.2 Å². The van der Waals surface area contributed by atoms with Crippen LogP contribution in [0, 0.1) is 5.92 Å². The van der Waals surface area contributed by atoms with Gasteiger partial charge < -0.3 is 10.2 Å². The van der Waals surface area contributed by atoms with Crippen LogP contribution in [-0.4, -0.2) is 28.8 Å². The highest BCUT2D eigenvalue weighted by Crippen LogP contribution is 2.14. The van der Waals surface area contributed by atoms with E-state index in [1.54, 1.807) is 0 Å². The minimum absolute atomic E-state index is 0.209. The van der Waals surface area contributed by atoms with Gasteiger partial charge in [0.15, 0.2) is 5.92 Å². The Morgan fingerprint density at radius 3 is 1.47 bits per heavy atom. The van der Waals surface area contributed by atoms with E-state index in [0.29, 0.717) is 12.8 Å². The van der Waals surface area contributed by atoms with E-state index in [0.717, 1.165) is 44.9 Å². The van der Waals surface area contributed by atoms with Crippen molar-refractivity contribution in [2.45, 2.75) is 64.2 Å². The van der Waals surface area contributed by atoms with Crippen molar-refractivity contribution in [3.05, 3.63) is 0 Å². The number of carbonyl (C=O) groups is 2. The van der Waals surface area contributed by atoms with Crippen LogP contribution in [0.4, 0.5) is 4.39 Å². The Balaban J connectivity index is 3.35. The van der Waals surface area contributed by atoms with E-state index in [-0.39, 0.29) is 13.1 Å². The number of carboxylic acid groups (broad SMARTS) is 2. The standard InChI is InChI=1S/C14H25FO4/c15-11-9-7-5-3-1-2-4-6-8-10-12(13(16)17)14(18)19/h12H,1-11H2,(H,16,17)(H,18,19). The molecule has 0 rings (SSSR count). The lowest BCUT2D eigenvalue weighted by molar-refractivity contribution is -0.154. The normalized spacial score (nSPS) is 10.8. The molecule has 0 amide bonds. The summed E-state index contributed by atoms with van der Waals surface area (Å²) in [6.45, 7) is -0.228. The maximum absolute atomic E-state index is 11.8. The van der Waals surface area contributed by atoms with E-state index in [1.165, 1.54) is 0 Å². The van der Waals surface area contributed by atoms with Gasteiger partial charge in [-0.2, -0.15) is 0 Å². The fraction of sp³-hybridized carbons (Fsp3) is 0.857. The molecule has 4 nitrogen and oxygen atoms in total. The molecule has 0 heterocycles. The molecule has 0 aliphatic rings. The first kappa shape index (κ1) is 17.9. The fourth-order valence-electron chi connectivity index (χ4n) is 2.03. The van der Waals surface area contributed by atoms with Crippen molar-refractivity contribution >= 4 is 11.9 Å². The maximum Gasteiger partial charge on any atom is 0.317 e. The summed E-state index contributed by atoms with van der Waals surface area (Å²) in [4.78, 5) is 21.2. The van der Waals surface area contributed by atoms with Crippen LogP contribution in [0.5, 0.6) is 0 Å². The summed E-state index contributed by atoms with van der Waals surface area (Å²) in [5.74, 6) is -3.76. The van der Waals surface area contributed by atoms with Crippen LogP contribution in [0.2, 0.25) is 0 Å². The molecule has 0 unspecified atom stereocenters. The minimum atomic E-state index is -1.26. The highest BCUT2D eigenvalue weighted by Gasteiger charge is 2.24. The predicted molar refractivity (Wildman–Crippen MR) is 70.9 cm³/mol. The number of unbranched alkanes of at least 4 members (excludes halogenated alkanes) is 8. The molecule has 0 aromatic heterocycles. The van der Waals surface area contributed by atoms with Crippen molar-refractivity contribution in [3.63, 3.8) is 0 Å². The molecule has 0 aliphatic heterocycles. The Kier molecular flexibility index (Phi) is 11.2. The maximum atomic E-state index is 11.8. The van der Waals surface area contributed by atoms with Gasteiger partial charge >= 0.3 is 11.9 Å². The second-order valence-electron chi connectivity index (χ2n) is 4.89. The van der Waals surface area contributed by atoms with E-state index in [9.17, 15) is 14.0 Å². The largest absolute Gasteiger partial charge is 0.481 e. The molecule has 0 aromatic carbocycles. The molecule has 5 heteroatoms. The first-order valence-electron chi connectivity index (χ1n) is 7.11. The van der Waals surface area contributed by atoms with Crippen LogP contribution in [0.25, 0.3) is 0 Å². The summed E-state index contributed by atoms with van der Waals surface area (Å²) in [6.07, 6.45) is 8.75. The van der Waals surface area contributed by atoms with Gasteiger partial charge in [-0.05, 0) is 12.8 Å². The van der Waals surface area contributed by atoms with Crippen molar-refractivity contribution in [1.29, 1.82) is 0 Å². The van der Waals surface area contributed by atoms with E-state index < -0.39 is 17.9 Å². The first-order valence-corrected chi connectivity index (χ1v) is 7.11. The zero-order valence-corrected chi connectivity index (χ0v) is 11.4. The molecule has 0 atom stereocenters. The quantitative estimate of drug-likeness (QED) is 0.398. The Morgan fingerprint density at radius 2 is 1.11 bits per heavy atom. The smallest absolute Gasteiger partial charge is 0.317 e. The zero-order valence-electron chi connectivity index (χ0n) is 11.4. The third-order valence-corrected chi connectivity index (χ3v) is 3.22. The van der Waals surface area contributed by atoms with E-state index in [4.69, 9.17) is 10.2 Å². The van der Waals surface area contributed by atoms with Gasteiger partial charge in [-0.3, -0.25) is 14.0 Å². The average molecular weight is 276 g/mol. The molecule has 0 saturated heterocycles. The van der Waals surface area contributed by atoms with E-state index in [2.05, 4.69) is 0 Å². The van der Waals surface area contributed by atoms with Crippen LogP contribution in [0.15, 0.2) is 0 Å². The third-order valence-electron chi connectivity index (χ3n) is 3.22. The van der Waals surface area contributed by atoms with Gasteiger partial charge in [-0.1, -0.05) is 51.4 Å². The van der Waals surface area contributed by atoms with Crippen molar-refractivity contribution in [2.24, 2.45) is 5.92 Å². The molecule has 0 radical (unpaired) electrons. The van der Waals surface area contributed by atoms with Gasteiger partial charge in [0.25, 0.3) is 0 Å². The number of halogens is 1. The molecule has 0 bridgehead atoms. The minimum Gasteiger partial charge on any atom is -0.481 e. The second-order valence-corrected chi connectivity index (χ2v) is 4.89. The topological polar surface area (TPSA) is 74.6 Å². The molecule has 0 aromatic rings. The number of alkyl halides is 1. The van der Waals surface area contributed by atoms with Gasteiger partial charge in [0, 0.05) is 0 Å². The number of carboxylic acids is 2. The molecule has 19 heavy (non-hydrogen) atoms. The van der Waals surface area contributed by atoms with Crippen molar-refractivity contribution < 1.29 is 24.2 Å². The summed E-state index contributed by atoms with van der Waals surface area (Å²) in [5.41, 5.74) is 0. The Hall–Kier alpha value is -1.13. The zero-order chi connectivity index (χ0) is 14.5. The molecule has 0 spiro atoms. The van der Waals surface area contributed by atoms with E-state index >= 15 is 0 Å². The molecule has 2 N–H and O–H groups in total. The first-order chi connectivity index (χ1) is 9.09. The highest BCUT2D eigenvalue weighted by atomic mass is 19.1. The lowest BCUT2D eigenvalue weighted by atomic mass is 10.00. The fourth-order valence-corrected chi connectivity index (χ4v) is 2.03. The molecular weight excluding hydrogens is 251 g/mol. The Bertz CT molecular complexity index is 242. The summed E-state index contributed by atoms with van der Waals surface area (Å²) in [7, 11) is 0. The van der Waals surface area contributed by atoms with Crippen molar-refractivity contribution in [1.82, 2.24) is 0 Å². The molecule has 0 saturated carbocycles. The van der Waals surface area contributed by atoms with Crippen molar-refractivity contribution in [3.8, 4) is 0 Å². The number of aliphatic carboxylic acids is 2. The predicted octanol–water partition coefficient (Wildman–Crippen LogP) is 3.64. The Morgan fingerprint density at radius 1 is 0.737 bits per heavy atom. The SMILES string of the molecule is O=C(O)C(CCCCCCCCCCCF)C(=O)O. The molecule has 112 valence electrons. The summed E-state index contributed by atoms with van der Waals surface area (Å²) in [6, 6.07) is 0. The van der Waals surface area contributed by atoms with Gasteiger partial charge in [0.05, 0.1) is 6.67 Å². The summed E-state index contributed by atoms with van der Waals surface area (Å²) >= 11 is 0. The molecule has 0 fully saturated rings. The van der Waals surface area contributed by atoms with Gasteiger partial charge in [0.1, 0.15) is 0 Å². The average Bonchev–Trinajstić information content (AvgIpc) is 2.35. The lowest BCUT2D eigenvalue weighted by Gasteiger charge is -2.06. The second kappa shape index (κ2) is 11.9.